The Morgan fingerprint density at radius 1 is 1.00 bits per heavy atom. The van der Waals surface area contributed by atoms with Crippen molar-refractivity contribution in [3.8, 4) is 5.75 Å². The van der Waals surface area contributed by atoms with Crippen molar-refractivity contribution in [1.82, 2.24) is 10.2 Å². The minimum absolute atomic E-state index is 0.0509. The topological polar surface area (TPSA) is 97.0 Å². The van der Waals surface area contributed by atoms with Gasteiger partial charge in [-0.15, -0.1) is 0 Å². The number of hydrogen-bond donors (Lipinski definition) is 2. The number of hydrogen-bond acceptors (Lipinski definition) is 5. The molecule has 2 saturated carbocycles. The summed E-state index contributed by atoms with van der Waals surface area (Å²) in [7, 11) is 0. The van der Waals surface area contributed by atoms with Gasteiger partial charge >= 0.3 is 6.09 Å². The fraction of sp³-hybridized carbons (Fsp3) is 0.700. The zero-order chi connectivity index (χ0) is 30.2. The molecular weight excluding hydrogens is 558 g/mol. The molecule has 2 aliphatic heterocycles. The monoisotopic (exact) mass is 597 g/mol. The molecule has 2 N–H and O–H groups in total. The average molecular weight is 598 g/mol. The van der Waals surface area contributed by atoms with E-state index in [1.807, 2.05) is 13.8 Å². The highest BCUT2D eigenvalue weighted by molar-refractivity contribution is 5.97. The number of amides is 3. The Morgan fingerprint density at radius 3 is 2.26 bits per heavy atom. The van der Waals surface area contributed by atoms with Crippen LogP contribution in [0, 0.1) is 11.8 Å². The van der Waals surface area contributed by atoms with Crippen LogP contribution in [0.25, 0.3) is 0 Å². The van der Waals surface area contributed by atoms with Gasteiger partial charge in [-0.25, -0.2) is 22.4 Å². The predicted octanol–water partition coefficient (Wildman–Crippen LogP) is 5.86. The molecule has 8 nitrogen and oxygen atoms in total. The van der Waals surface area contributed by atoms with E-state index >= 15 is 0 Å². The standard InChI is InChI=1S/C30H39F4N3O5/c1-17(2)23-12-22(27(39)37-15-30(33,34)16-37)21-10-9-19(11-24(21)42-23)35-26(38)25(18-7-5-3-4-6-8-18)36-28(40)41-20-13-29(31,32)14-20/h9-11,17-18,20,22-23,25H,3-8,12-16H2,1-2H3,(H,35,38)(H,36,40)/t22?,23?,25-/m0/s1. The van der Waals surface area contributed by atoms with Gasteiger partial charge in [0.1, 0.15) is 24.0 Å². The summed E-state index contributed by atoms with van der Waals surface area (Å²) in [6, 6.07) is 3.98. The number of alkyl carbamates (subject to hydrolysis) is 1. The third-order valence-corrected chi connectivity index (χ3v) is 8.85. The molecule has 0 spiro atoms. The van der Waals surface area contributed by atoms with Gasteiger partial charge in [-0.1, -0.05) is 45.6 Å². The lowest BCUT2D eigenvalue weighted by Gasteiger charge is -2.42. The van der Waals surface area contributed by atoms with E-state index in [0.29, 0.717) is 23.4 Å². The van der Waals surface area contributed by atoms with Gasteiger partial charge in [-0.05, 0) is 30.7 Å². The van der Waals surface area contributed by atoms with E-state index in [0.717, 1.165) is 38.5 Å². The molecule has 12 heteroatoms. The summed E-state index contributed by atoms with van der Waals surface area (Å²) >= 11 is 0. The van der Waals surface area contributed by atoms with E-state index in [4.69, 9.17) is 9.47 Å². The number of carbonyl (C=O) groups is 3. The molecule has 0 aromatic heterocycles. The Morgan fingerprint density at radius 2 is 1.67 bits per heavy atom. The minimum atomic E-state index is -2.87. The van der Waals surface area contributed by atoms with E-state index in [1.165, 1.54) is 4.90 Å². The smallest absolute Gasteiger partial charge is 0.408 e. The molecule has 2 unspecified atom stereocenters. The lowest BCUT2D eigenvalue weighted by Crippen LogP contribution is -2.59. The van der Waals surface area contributed by atoms with Crippen LogP contribution in [0.1, 0.15) is 83.1 Å². The molecule has 232 valence electrons. The molecule has 1 saturated heterocycles. The highest BCUT2D eigenvalue weighted by Crippen LogP contribution is 2.43. The van der Waals surface area contributed by atoms with Crippen molar-refractivity contribution in [2.45, 2.75) is 108 Å². The molecule has 2 aliphatic carbocycles. The SMILES string of the molecule is CC(C)C1CC(C(=O)N2CC(F)(F)C2)c2ccc(NC(=O)[C@@H](NC(=O)OC3CC(F)(F)C3)C3CCCCCC3)cc2O1. The molecule has 5 rings (SSSR count). The number of nitrogens with one attached hydrogen (secondary N) is 2. The molecule has 1 aromatic rings. The molecule has 0 bridgehead atoms. The van der Waals surface area contributed by atoms with Gasteiger partial charge in [-0.3, -0.25) is 9.59 Å². The third-order valence-electron chi connectivity index (χ3n) is 8.85. The number of carbonyl (C=O) groups excluding carboxylic acids is 3. The van der Waals surface area contributed by atoms with Crippen molar-refractivity contribution >= 4 is 23.6 Å². The number of benzene rings is 1. The number of likely N-dealkylation sites (tertiary alicyclic amines) is 1. The Bertz CT molecular complexity index is 1170. The maximum atomic E-state index is 13.6. The number of nitrogens with zero attached hydrogens (tertiary/aromatic N) is 1. The zero-order valence-electron chi connectivity index (χ0n) is 24.0. The number of fused-ring (bicyclic) bond motifs is 1. The summed E-state index contributed by atoms with van der Waals surface area (Å²) in [5.74, 6) is -6.89. The summed E-state index contributed by atoms with van der Waals surface area (Å²) in [6.07, 6.45) is 2.51. The fourth-order valence-corrected chi connectivity index (χ4v) is 6.37. The van der Waals surface area contributed by atoms with Crippen LogP contribution in [0.15, 0.2) is 18.2 Å². The molecule has 3 amide bonds. The van der Waals surface area contributed by atoms with Gasteiger partial charge in [0.15, 0.2) is 0 Å². The zero-order valence-corrected chi connectivity index (χ0v) is 24.0. The van der Waals surface area contributed by atoms with Gasteiger partial charge in [0.2, 0.25) is 11.8 Å². The van der Waals surface area contributed by atoms with Crippen molar-refractivity contribution in [3.05, 3.63) is 23.8 Å². The first-order valence-electron chi connectivity index (χ1n) is 14.9. The summed E-state index contributed by atoms with van der Waals surface area (Å²) in [4.78, 5) is 40.5. The fourth-order valence-electron chi connectivity index (χ4n) is 6.37. The van der Waals surface area contributed by atoms with Crippen molar-refractivity contribution in [1.29, 1.82) is 0 Å². The largest absolute Gasteiger partial charge is 0.490 e. The van der Waals surface area contributed by atoms with Crippen molar-refractivity contribution in [3.63, 3.8) is 0 Å². The van der Waals surface area contributed by atoms with E-state index in [2.05, 4.69) is 10.6 Å². The second-order valence-electron chi connectivity index (χ2n) is 12.6. The van der Waals surface area contributed by atoms with Crippen molar-refractivity contribution in [2.24, 2.45) is 11.8 Å². The van der Waals surface area contributed by atoms with E-state index < -0.39 is 67.8 Å². The molecule has 1 aromatic carbocycles. The third kappa shape index (κ3) is 6.94. The van der Waals surface area contributed by atoms with Crippen LogP contribution in [0.3, 0.4) is 0 Å². The van der Waals surface area contributed by atoms with Gasteiger partial charge in [0.25, 0.3) is 11.8 Å². The first kappa shape index (κ1) is 30.4. The minimum Gasteiger partial charge on any atom is -0.490 e. The Labute approximate surface area is 242 Å². The Balaban J connectivity index is 1.31. The van der Waals surface area contributed by atoms with Crippen LogP contribution in [0.2, 0.25) is 0 Å². The van der Waals surface area contributed by atoms with Crippen LogP contribution in [0.4, 0.5) is 28.0 Å². The van der Waals surface area contributed by atoms with Gasteiger partial charge in [-0.2, -0.15) is 0 Å². The Hall–Kier alpha value is -3.05. The number of ether oxygens (including phenoxy) is 2. The normalized spacial score (nSPS) is 26.0. The first-order valence-corrected chi connectivity index (χ1v) is 14.9. The number of alkyl halides is 4. The number of halogens is 4. The number of rotatable bonds is 7. The highest BCUT2D eigenvalue weighted by atomic mass is 19.3. The molecular formula is C30H39F4N3O5. The van der Waals surface area contributed by atoms with E-state index in [-0.39, 0.29) is 23.8 Å². The molecule has 3 fully saturated rings. The molecule has 42 heavy (non-hydrogen) atoms. The van der Waals surface area contributed by atoms with Crippen LogP contribution >= 0.6 is 0 Å². The van der Waals surface area contributed by atoms with Crippen LogP contribution in [0.5, 0.6) is 5.75 Å². The second-order valence-corrected chi connectivity index (χ2v) is 12.6. The lowest BCUT2D eigenvalue weighted by atomic mass is 9.84. The second kappa shape index (κ2) is 11.9. The van der Waals surface area contributed by atoms with Crippen LogP contribution in [-0.2, 0) is 14.3 Å². The average Bonchev–Trinajstić information content (AvgIpc) is 3.17. The molecule has 2 heterocycles. The van der Waals surface area contributed by atoms with Crippen LogP contribution in [-0.4, -0.2) is 66.0 Å². The van der Waals surface area contributed by atoms with Gasteiger partial charge < -0.3 is 25.0 Å². The summed E-state index contributed by atoms with van der Waals surface area (Å²) < 4.78 is 64.7. The van der Waals surface area contributed by atoms with Crippen molar-refractivity contribution < 1.29 is 41.4 Å². The quantitative estimate of drug-likeness (QED) is 0.303. The Kier molecular flexibility index (Phi) is 8.63. The maximum Gasteiger partial charge on any atom is 0.408 e. The van der Waals surface area contributed by atoms with E-state index in [9.17, 15) is 31.9 Å². The first-order chi connectivity index (χ1) is 19.8. The molecule has 0 radical (unpaired) electrons. The molecule has 3 atom stereocenters. The highest BCUT2D eigenvalue weighted by Gasteiger charge is 2.50. The van der Waals surface area contributed by atoms with Crippen molar-refractivity contribution in [2.75, 3.05) is 18.4 Å². The maximum absolute atomic E-state index is 13.6. The van der Waals surface area contributed by atoms with Gasteiger partial charge in [0, 0.05) is 36.6 Å². The summed E-state index contributed by atoms with van der Waals surface area (Å²) in [5.41, 5.74) is 0.960. The molecule has 4 aliphatic rings. The number of anilines is 1. The van der Waals surface area contributed by atoms with E-state index in [1.54, 1.807) is 18.2 Å². The van der Waals surface area contributed by atoms with Crippen LogP contribution < -0.4 is 15.4 Å². The summed E-state index contributed by atoms with van der Waals surface area (Å²) in [6.45, 7) is 2.71. The predicted molar refractivity (Wildman–Crippen MR) is 146 cm³/mol. The lowest BCUT2D eigenvalue weighted by molar-refractivity contribution is -0.168. The van der Waals surface area contributed by atoms with Gasteiger partial charge in [0.05, 0.1) is 19.0 Å². The summed E-state index contributed by atoms with van der Waals surface area (Å²) in [5, 5.41) is 5.49.